The van der Waals surface area contributed by atoms with E-state index >= 15 is 0 Å². The largest absolute Gasteiger partial charge is 0.480 e. The Hall–Kier alpha value is -1.99. The number of rotatable bonds is 8. The third-order valence-electron chi connectivity index (χ3n) is 5.49. The molecule has 2 aromatic rings. The molecule has 152 valence electrons. The van der Waals surface area contributed by atoms with E-state index in [1.807, 2.05) is 35.2 Å². The fourth-order valence-corrected chi connectivity index (χ4v) is 6.06. The zero-order valence-corrected chi connectivity index (χ0v) is 16.6. The molecular weight excluding hydrogens is 379 g/mol. The summed E-state index contributed by atoms with van der Waals surface area (Å²) in [4.78, 5) is 24.6. The highest BCUT2D eigenvalue weighted by atomic mass is 31.2. The number of nitrogens with one attached hydrogen (secondary N) is 1. The normalized spacial score (nSPS) is 25.6. The fourth-order valence-electron chi connectivity index (χ4n) is 3.85. The average Bonchev–Trinajstić information content (AvgIpc) is 3.13. The predicted molar refractivity (Wildman–Crippen MR) is 107 cm³/mol. The van der Waals surface area contributed by atoms with Crippen molar-refractivity contribution in [3.63, 3.8) is 0 Å². The zero-order valence-electron chi connectivity index (χ0n) is 15.8. The van der Waals surface area contributed by atoms with Gasteiger partial charge in [-0.2, -0.15) is 5.10 Å². The molecule has 1 aromatic heterocycles. The highest BCUT2D eigenvalue weighted by Crippen LogP contribution is 2.59. The molecule has 9 heteroatoms. The van der Waals surface area contributed by atoms with Gasteiger partial charge in [-0.05, 0) is 24.9 Å². The van der Waals surface area contributed by atoms with Crippen molar-refractivity contribution in [1.29, 1.82) is 0 Å². The number of carbonyl (C=O) groups is 1. The molecule has 1 aliphatic heterocycles. The second-order valence-corrected chi connectivity index (χ2v) is 10.1. The second-order valence-electron chi connectivity index (χ2n) is 7.35. The number of aromatic amines is 1. The van der Waals surface area contributed by atoms with Crippen LogP contribution in [0.25, 0.3) is 11.3 Å². The molecule has 2 atom stereocenters. The SMILES string of the molecule is NCCCCC1(C(=O)O)CN(Cc2cn[nH]c2-c2ccccc2)CCP1(=O)O. The van der Waals surface area contributed by atoms with Gasteiger partial charge in [-0.25, -0.2) is 0 Å². The van der Waals surface area contributed by atoms with Gasteiger partial charge in [0.2, 0.25) is 7.37 Å². The number of nitrogens with two attached hydrogens (primary N) is 1. The topological polar surface area (TPSA) is 133 Å². The number of H-pyrrole nitrogens is 1. The molecular formula is C19H27N4O4P. The van der Waals surface area contributed by atoms with Gasteiger partial charge in [0, 0.05) is 31.4 Å². The van der Waals surface area contributed by atoms with E-state index in [2.05, 4.69) is 10.2 Å². The van der Waals surface area contributed by atoms with E-state index in [0.717, 1.165) is 16.8 Å². The van der Waals surface area contributed by atoms with Gasteiger partial charge in [-0.3, -0.25) is 19.4 Å². The monoisotopic (exact) mass is 406 g/mol. The van der Waals surface area contributed by atoms with Crippen molar-refractivity contribution in [2.75, 3.05) is 25.8 Å². The van der Waals surface area contributed by atoms with Gasteiger partial charge < -0.3 is 15.7 Å². The summed E-state index contributed by atoms with van der Waals surface area (Å²) < 4.78 is 12.9. The first kappa shape index (κ1) is 20.7. The van der Waals surface area contributed by atoms with Crippen molar-refractivity contribution in [3.8, 4) is 11.3 Å². The third-order valence-corrected chi connectivity index (χ3v) is 8.19. The van der Waals surface area contributed by atoms with Crippen LogP contribution in [0.15, 0.2) is 36.5 Å². The number of carboxylic acids is 1. The molecule has 0 radical (unpaired) electrons. The van der Waals surface area contributed by atoms with Gasteiger partial charge in [0.25, 0.3) is 0 Å². The first-order valence-corrected chi connectivity index (χ1v) is 11.3. The maximum Gasteiger partial charge on any atom is 0.320 e. The van der Waals surface area contributed by atoms with Crippen LogP contribution in [0.5, 0.6) is 0 Å². The molecule has 1 aromatic carbocycles. The van der Waals surface area contributed by atoms with Crippen LogP contribution in [0.2, 0.25) is 0 Å². The summed E-state index contributed by atoms with van der Waals surface area (Å²) in [5.41, 5.74) is 8.32. The quantitative estimate of drug-likeness (QED) is 0.390. The molecule has 1 aliphatic rings. The Morgan fingerprint density at radius 3 is 2.75 bits per heavy atom. The first-order chi connectivity index (χ1) is 13.4. The zero-order chi connectivity index (χ0) is 20.2. The predicted octanol–water partition coefficient (Wildman–Crippen LogP) is 2.12. The van der Waals surface area contributed by atoms with E-state index in [-0.39, 0.29) is 19.1 Å². The maximum atomic E-state index is 12.9. The minimum Gasteiger partial charge on any atom is -0.480 e. The summed E-state index contributed by atoms with van der Waals surface area (Å²) in [7, 11) is -3.83. The van der Waals surface area contributed by atoms with Crippen LogP contribution in [0.3, 0.4) is 0 Å². The number of carboxylic acid groups (broad SMARTS) is 1. The third kappa shape index (κ3) is 4.05. The molecule has 28 heavy (non-hydrogen) atoms. The highest BCUT2D eigenvalue weighted by molar-refractivity contribution is 7.61. The van der Waals surface area contributed by atoms with Crippen LogP contribution in [0.4, 0.5) is 0 Å². The lowest BCUT2D eigenvalue weighted by Crippen LogP contribution is -2.53. The van der Waals surface area contributed by atoms with Crippen LogP contribution in [-0.4, -0.2) is 62.0 Å². The number of unbranched alkanes of at least 4 members (excludes halogenated alkanes) is 1. The molecule has 1 saturated heterocycles. The smallest absolute Gasteiger partial charge is 0.320 e. The summed E-state index contributed by atoms with van der Waals surface area (Å²) in [5, 5.41) is 15.4. The van der Waals surface area contributed by atoms with Crippen molar-refractivity contribution >= 4 is 13.3 Å². The van der Waals surface area contributed by atoms with Crippen molar-refractivity contribution in [2.24, 2.45) is 5.73 Å². The average molecular weight is 406 g/mol. The van der Waals surface area contributed by atoms with Gasteiger partial charge in [0.05, 0.1) is 11.9 Å². The first-order valence-electron chi connectivity index (χ1n) is 9.45. The summed E-state index contributed by atoms with van der Waals surface area (Å²) in [5.74, 6) is -1.20. The molecule has 5 N–H and O–H groups in total. The number of hydrogen-bond acceptors (Lipinski definition) is 5. The summed E-state index contributed by atoms with van der Waals surface area (Å²) in [6.45, 7) is 1.32. The van der Waals surface area contributed by atoms with Crippen LogP contribution in [0, 0.1) is 0 Å². The van der Waals surface area contributed by atoms with Crippen LogP contribution >= 0.6 is 7.37 Å². The number of aromatic nitrogens is 2. The fraction of sp³-hybridized carbons (Fsp3) is 0.474. The molecule has 2 heterocycles. The number of aliphatic carboxylic acids is 1. The molecule has 8 nitrogen and oxygen atoms in total. The van der Waals surface area contributed by atoms with Crippen molar-refractivity contribution in [3.05, 3.63) is 42.1 Å². The van der Waals surface area contributed by atoms with Crippen LogP contribution < -0.4 is 5.73 Å². The Balaban J connectivity index is 1.82. The molecule has 3 rings (SSSR count). The van der Waals surface area contributed by atoms with Crippen molar-refractivity contribution < 1.29 is 19.4 Å². The number of benzene rings is 1. The van der Waals surface area contributed by atoms with Gasteiger partial charge in [0.15, 0.2) is 5.16 Å². The molecule has 0 saturated carbocycles. The van der Waals surface area contributed by atoms with Gasteiger partial charge in [-0.1, -0.05) is 36.8 Å². The Kier molecular flexibility index (Phi) is 6.35. The van der Waals surface area contributed by atoms with Crippen LogP contribution in [-0.2, 0) is 15.9 Å². The van der Waals surface area contributed by atoms with E-state index in [4.69, 9.17) is 5.73 Å². The molecule has 0 spiro atoms. The number of hydrogen-bond donors (Lipinski definition) is 4. The lowest BCUT2D eigenvalue weighted by molar-refractivity contribution is -0.141. The maximum absolute atomic E-state index is 12.9. The van der Waals surface area contributed by atoms with Gasteiger partial charge in [0.1, 0.15) is 0 Å². The van der Waals surface area contributed by atoms with E-state index in [0.29, 0.717) is 32.5 Å². The Morgan fingerprint density at radius 1 is 1.32 bits per heavy atom. The lowest BCUT2D eigenvalue weighted by Gasteiger charge is -2.43. The van der Waals surface area contributed by atoms with E-state index in [1.54, 1.807) is 6.20 Å². The van der Waals surface area contributed by atoms with E-state index in [9.17, 15) is 19.4 Å². The summed E-state index contributed by atoms with van der Waals surface area (Å²) >= 11 is 0. The molecule has 1 fully saturated rings. The highest BCUT2D eigenvalue weighted by Gasteiger charge is 2.56. The minimum absolute atomic E-state index is 0.0273. The van der Waals surface area contributed by atoms with Crippen molar-refractivity contribution in [1.82, 2.24) is 15.1 Å². The molecule has 0 amide bonds. The number of nitrogens with zero attached hydrogens (tertiary/aromatic N) is 2. The minimum atomic E-state index is -3.83. The molecule has 0 bridgehead atoms. The van der Waals surface area contributed by atoms with E-state index < -0.39 is 18.5 Å². The van der Waals surface area contributed by atoms with Gasteiger partial charge >= 0.3 is 5.97 Å². The Labute approximate surface area is 164 Å². The molecule has 0 aliphatic carbocycles. The Morgan fingerprint density at radius 2 is 2.07 bits per heavy atom. The van der Waals surface area contributed by atoms with Gasteiger partial charge in [-0.15, -0.1) is 0 Å². The Bertz CT molecular complexity index is 857. The standard InChI is InChI=1S/C19H27N4O4P/c20-9-5-4-8-19(18(24)25)14-23(10-11-28(19,26)27)13-16-12-21-22-17(16)15-6-2-1-3-7-15/h1-3,6-7,12H,4-5,8-11,13-14,20H2,(H,21,22)(H,24,25)(H,26,27). The van der Waals surface area contributed by atoms with Crippen LogP contribution in [0.1, 0.15) is 24.8 Å². The molecule has 2 unspecified atom stereocenters. The second kappa shape index (κ2) is 8.57. The lowest BCUT2D eigenvalue weighted by atomic mass is 9.99. The summed E-state index contributed by atoms with van der Waals surface area (Å²) in [6.07, 6.45) is 3.00. The summed E-state index contributed by atoms with van der Waals surface area (Å²) in [6, 6.07) is 9.77. The van der Waals surface area contributed by atoms with Crippen molar-refractivity contribution in [2.45, 2.75) is 31.0 Å². The van der Waals surface area contributed by atoms with E-state index in [1.165, 1.54) is 0 Å².